The third-order valence-electron chi connectivity index (χ3n) is 2.91. The van der Waals surface area contributed by atoms with Crippen molar-refractivity contribution in [2.24, 2.45) is 0 Å². The Bertz CT molecular complexity index is 603. The molecule has 0 aliphatic heterocycles. The third-order valence-corrected chi connectivity index (χ3v) is 4.43. The number of nitrogens with one attached hydrogen (secondary N) is 1. The molecule has 2 aromatic rings. The zero-order chi connectivity index (χ0) is 14.7. The lowest BCUT2D eigenvalue weighted by atomic mass is 10.0. The molecule has 1 N–H and O–H groups in total. The maximum atomic E-state index is 13.9. The lowest BCUT2D eigenvalue weighted by Gasteiger charge is -2.18. The molecule has 20 heavy (non-hydrogen) atoms. The molecule has 1 atom stereocenters. The van der Waals surface area contributed by atoms with Crippen LogP contribution in [0.5, 0.6) is 5.75 Å². The molecular weight excluding hydrogens is 320 g/mol. The van der Waals surface area contributed by atoms with Crippen LogP contribution in [0.4, 0.5) is 4.39 Å². The van der Waals surface area contributed by atoms with Gasteiger partial charge in [0.15, 0.2) is 11.6 Å². The molecule has 2 rings (SSSR count). The predicted molar refractivity (Wildman–Crippen MR) is 82.8 cm³/mol. The summed E-state index contributed by atoms with van der Waals surface area (Å²) in [7, 11) is 1.44. The van der Waals surface area contributed by atoms with E-state index in [-0.39, 0.29) is 11.8 Å². The second-order valence-electron chi connectivity index (χ2n) is 4.16. The summed E-state index contributed by atoms with van der Waals surface area (Å²) in [6, 6.07) is 6.49. The number of halogens is 3. The highest BCUT2D eigenvalue weighted by molar-refractivity contribution is 7.20. The van der Waals surface area contributed by atoms with Crippen LogP contribution in [0.2, 0.25) is 8.67 Å². The van der Waals surface area contributed by atoms with E-state index < -0.39 is 5.82 Å². The number of benzene rings is 1. The van der Waals surface area contributed by atoms with Crippen molar-refractivity contribution < 1.29 is 9.13 Å². The van der Waals surface area contributed by atoms with Crippen LogP contribution in [0.1, 0.15) is 24.1 Å². The van der Waals surface area contributed by atoms with Crippen LogP contribution >= 0.6 is 34.5 Å². The van der Waals surface area contributed by atoms with Crippen molar-refractivity contribution in [1.29, 1.82) is 0 Å². The molecule has 0 spiro atoms. The van der Waals surface area contributed by atoms with E-state index in [4.69, 9.17) is 27.9 Å². The van der Waals surface area contributed by atoms with Crippen molar-refractivity contribution in [2.45, 2.75) is 13.0 Å². The Morgan fingerprint density at radius 1 is 1.35 bits per heavy atom. The van der Waals surface area contributed by atoms with Gasteiger partial charge in [-0.3, -0.25) is 0 Å². The molecule has 1 aromatic carbocycles. The van der Waals surface area contributed by atoms with Crippen LogP contribution in [0.25, 0.3) is 0 Å². The van der Waals surface area contributed by atoms with E-state index in [1.165, 1.54) is 24.5 Å². The first kappa shape index (κ1) is 15.6. The predicted octanol–water partition coefficient (Wildman–Crippen LogP) is 4.90. The van der Waals surface area contributed by atoms with E-state index in [0.29, 0.717) is 8.67 Å². The highest BCUT2D eigenvalue weighted by Gasteiger charge is 2.20. The monoisotopic (exact) mass is 333 g/mol. The zero-order valence-corrected chi connectivity index (χ0v) is 13.4. The van der Waals surface area contributed by atoms with Crippen LogP contribution in [-0.2, 0) is 0 Å². The van der Waals surface area contributed by atoms with Crippen molar-refractivity contribution in [2.75, 3.05) is 13.7 Å². The van der Waals surface area contributed by atoms with Crippen molar-refractivity contribution in [3.05, 3.63) is 49.9 Å². The van der Waals surface area contributed by atoms with E-state index in [0.717, 1.165) is 17.7 Å². The number of ether oxygens (including phenoxy) is 1. The minimum atomic E-state index is -0.398. The average molecular weight is 334 g/mol. The first-order valence-corrected chi connectivity index (χ1v) is 7.65. The Balaban J connectivity index is 2.43. The molecule has 0 bridgehead atoms. The van der Waals surface area contributed by atoms with Crippen molar-refractivity contribution in [1.82, 2.24) is 5.32 Å². The van der Waals surface area contributed by atoms with Gasteiger partial charge in [-0.05, 0) is 30.3 Å². The summed E-state index contributed by atoms with van der Waals surface area (Å²) in [4.78, 5) is 0. The summed E-state index contributed by atoms with van der Waals surface area (Å²) in [5.41, 5.74) is 1.63. The average Bonchev–Trinajstić information content (AvgIpc) is 2.74. The fourth-order valence-electron chi connectivity index (χ4n) is 2.02. The molecule has 6 heteroatoms. The quantitative estimate of drug-likeness (QED) is 0.840. The van der Waals surface area contributed by atoms with Gasteiger partial charge in [0.2, 0.25) is 0 Å². The highest BCUT2D eigenvalue weighted by Crippen LogP contribution is 2.38. The van der Waals surface area contributed by atoms with Gasteiger partial charge in [0, 0.05) is 5.56 Å². The molecule has 108 valence electrons. The van der Waals surface area contributed by atoms with Gasteiger partial charge in [0.1, 0.15) is 0 Å². The molecule has 1 unspecified atom stereocenters. The van der Waals surface area contributed by atoms with Gasteiger partial charge in [-0.1, -0.05) is 36.2 Å². The van der Waals surface area contributed by atoms with Gasteiger partial charge >= 0.3 is 0 Å². The molecule has 0 aliphatic carbocycles. The van der Waals surface area contributed by atoms with Gasteiger partial charge in [-0.25, -0.2) is 4.39 Å². The fourth-order valence-corrected chi connectivity index (χ4v) is 3.56. The Hall–Kier alpha value is -0.810. The molecule has 1 heterocycles. The Kier molecular flexibility index (Phi) is 5.27. The second-order valence-corrected chi connectivity index (χ2v) is 6.45. The largest absolute Gasteiger partial charge is 0.494 e. The molecule has 0 radical (unpaired) electrons. The highest BCUT2D eigenvalue weighted by atomic mass is 35.5. The first-order chi connectivity index (χ1) is 9.56. The lowest BCUT2D eigenvalue weighted by molar-refractivity contribution is 0.385. The van der Waals surface area contributed by atoms with Crippen LogP contribution in [0.3, 0.4) is 0 Å². The molecular formula is C14H14Cl2FNOS. The number of thiophene rings is 1. The summed E-state index contributed by atoms with van der Waals surface area (Å²) < 4.78 is 20.0. The van der Waals surface area contributed by atoms with Gasteiger partial charge in [0.05, 0.1) is 21.8 Å². The third kappa shape index (κ3) is 3.26. The molecule has 0 amide bonds. The summed E-state index contributed by atoms with van der Waals surface area (Å²) >= 11 is 13.5. The van der Waals surface area contributed by atoms with Crippen molar-refractivity contribution in [3.63, 3.8) is 0 Å². The molecule has 0 fully saturated rings. The second kappa shape index (κ2) is 6.76. The standard InChI is InChI=1S/C14H14Cl2FNOS/c1-3-18-13(9-7-12(15)20-14(9)16)8-4-5-11(19-2)10(17)6-8/h4-7,13,18H,3H2,1-2H3. The van der Waals surface area contributed by atoms with Crippen LogP contribution in [-0.4, -0.2) is 13.7 Å². The Morgan fingerprint density at radius 3 is 2.60 bits per heavy atom. The van der Waals surface area contributed by atoms with Crippen LogP contribution in [0, 0.1) is 5.82 Å². The van der Waals surface area contributed by atoms with Gasteiger partial charge in [-0.15, -0.1) is 11.3 Å². The van der Waals surface area contributed by atoms with Crippen molar-refractivity contribution in [3.8, 4) is 5.75 Å². The maximum absolute atomic E-state index is 13.9. The summed E-state index contributed by atoms with van der Waals surface area (Å²) in [6.07, 6.45) is 0. The Morgan fingerprint density at radius 2 is 2.10 bits per heavy atom. The van der Waals surface area contributed by atoms with E-state index in [2.05, 4.69) is 5.32 Å². The minimum Gasteiger partial charge on any atom is -0.494 e. The minimum absolute atomic E-state index is 0.198. The van der Waals surface area contributed by atoms with Crippen LogP contribution in [0.15, 0.2) is 24.3 Å². The smallest absolute Gasteiger partial charge is 0.165 e. The molecule has 0 saturated heterocycles. The molecule has 0 aliphatic rings. The number of methoxy groups -OCH3 is 1. The normalized spacial score (nSPS) is 12.4. The van der Waals surface area contributed by atoms with E-state index in [9.17, 15) is 4.39 Å². The van der Waals surface area contributed by atoms with Gasteiger partial charge in [0.25, 0.3) is 0 Å². The van der Waals surface area contributed by atoms with Gasteiger partial charge in [-0.2, -0.15) is 0 Å². The number of hydrogen-bond donors (Lipinski definition) is 1. The van der Waals surface area contributed by atoms with Crippen molar-refractivity contribution >= 4 is 34.5 Å². The summed E-state index contributed by atoms with van der Waals surface area (Å²) in [5.74, 6) is -0.177. The fraction of sp³-hybridized carbons (Fsp3) is 0.286. The summed E-state index contributed by atoms with van der Waals surface area (Å²) in [6.45, 7) is 2.71. The van der Waals surface area contributed by atoms with E-state index in [1.807, 2.05) is 19.1 Å². The first-order valence-electron chi connectivity index (χ1n) is 6.08. The zero-order valence-electron chi connectivity index (χ0n) is 11.0. The number of hydrogen-bond acceptors (Lipinski definition) is 3. The Labute approximate surface area is 131 Å². The maximum Gasteiger partial charge on any atom is 0.165 e. The SMILES string of the molecule is CCNC(c1ccc(OC)c(F)c1)c1cc(Cl)sc1Cl. The molecule has 0 saturated carbocycles. The molecule has 2 nitrogen and oxygen atoms in total. The number of rotatable bonds is 5. The van der Waals surface area contributed by atoms with Gasteiger partial charge < -0.3 is 10.1 Å². The summed E-state index contributed by atoms with van der Waals surface area (Å²) in [5, 5.41) is 3.29. The topological polar surface area (TPSA) is 21.3 Å². The van der Waals surface area contributed by atoms with Crippen LogP contribution < -0.4 is 10.1 Å². The van der Waals surface area contributed by atoms with E-state index in [1.54, 1.807) is 6.07 Å². The lowest BCUT2D eigenvalue weighted by Crippen LogP contribution is -2.22. The molecule has 1 aromatic heterocycles. The van der Waals surface area contributed by atoms with E-state index >= 15 is 0 Å².